The minimum absolute atomic E-state index is 0.0768. The third-order valence-corrected chi connectivity index (χ3v) is 5.65. The van der Waals surface area contributed by atoms with Gasteiger partial charge in [-0.15, -0.1) is 0 Å². The number of aryl methyl sites for hydroxylation is 2. The van der Waals surface area contributed by atoms with Crippen LogP contribution >= 0.6 is 0 Å². The van der Waals surface area contributed by atoms with Crippen molar-refractivity contribution in [3.8, 4) is 17.2 Å². The Morgan fingerprint density at radius 2 is 1.68 bits per heavy atom. The Kier molecular flexibility index (Phi) is 7.88. The van der Waals surface area contributed by atoms with Crippen molar-refractivity contribution in [1.29, 1.82) is 0 Å². The molecule has 0 aliphatic rings. The second-order valence-electron chi connectivity index (χ2n) is 8.39. The lowest BCUT2D eigenvalue weighted by atomic mass is 10.1. The van der Waals surface area contributed by atoms with Gasteiger partial charge in [-0.25, -0.2) is 9.59 Å². The van der Waals surface area contributed by atoms with E-state index in [-0.39, 0.29) is 29.1 Å². The molecule has 8 heteroatoms. The molecular formula is C29H27NO7. The first-order chi connectivity index (χ1) is 17.9. The fourth-order valence-corrected chi connectivity index (χ4v) is 3.65. The SMILES string of the molecule is CCc1cc2c(=O)c(Oc3ccccc3)c(C)oc2cc1OC(=O)C(C)NC(=O)OCc1ccccc1. The molecule has 1 atom stereocenters. The smallest absolute Gasteiger partial charge is 0.408 e. The van der Waals surface area contributed by atoms with Gasteiger partial charge in [0.25, 0.3) is 0 Å². The summed E-state index contributed by atoms with van der Waals surface area (Å²) in [6.07, 6.45) is -0.253. The van der Waals surface area contributed by atoms with E-state index in [1.54, 1.807) is 25.1 Å². The van der Waals surface area contributed by atoms with Crippen LogP contribution in [0.15, 0.2) is 82.0 Å². The van der Waals surface area contributed by atoms with Crippen molar-refractivity contribution in [1.82, 2.24) is 5.32 Å². The molecule has 190 valence electrons. The number of carbonyl (C=O) groups is 2. The minimum Gasteiger partial charge on any atom is -0.457 e. The average molecular weight is 502 g/mol. The molecule has 1 amide bonds. The van der Waals surface area contributed by atoms with E-state index in [1.165, 1.54) is 13.0 Å². The number of alkyl carbamates (subject to hydrolysis) is 1. The van der Waals surface area contributed by atoms with Crippen LogP contribution in [0.3, 0.4) is 0 Å². The molecule has 37 heavy (non-hydrogen) atoms. The third-order valence-electron chi connectivity index (χ3n) is 5.65. The molecule has 3 aromatic carbocycles. The second-order valence-corrected chi connectivity index (χ2v) is 8.39. The van der Waals surface area contributed by atoms with Crippen LogP contribution in [0.25, 0.3) is 11.0 Å². The van der Waals surface area contributed by atoms with Crippen molar-refractivity contribution in [2.24, 2.45) is 0 Å². The van der Waals surface area contributed by atoms with Crippen LogP contribution in [-0.4, -0.2) is 18.1 Å². The summed E-state index contributed by atoms with van der Waals surface area (Å²) >= 11 is 0. The molecule has 1 unspecified atom stereocenters. The highest BCUT2D eigenvalue weighted by molar-refractivity contribution is 5.85. The average Bonchev–Trinajstić information content (AvgIpc) is 2.90. The number of fused-ring (bicyclic) bond motifs is 1. The van der Waals surface area contributed by atoms with Crippen molar-refractivity contribution in [2.45, 2.75) is 39.8 Å². The van der Waals surface area contributed by atoms with Gasteiger partial charge in [-0.1, -0.05) is 55.5 Å². The van der Waals surface area contributed by atoms with Gasteiger partial charge in [0.1, 0.15) is 35.5 Å². The number of amides is 1. The fourth-order valence-electron chi connectivity index (χ4n) is 3.65. The minimum atomic E-state index is -0.973. The maximum Gasteiger partial charge on any atom is 0.408 e. The molecule has 4 rings (SSSR count). The Morgan fingerprint density at radius 1 is 1.00 bits per heavy atom. The largest absolute Gasteiger partial charge is 0.457 e. The van der Waals surface area contributed by atoms with Gasteiger partial charge in [-0.05, 0) is 49.6 Å². The Morgan fingerprint density at radius 3 is 2.35 bits per heavy atom. The Balaban J connectivity index is 1.49. The fraction of sp³-hybridized carbons (Fsp3) is 0.207. The van der Waals surface area contributed by atoms with Crippen molar-refractivity contribution in [3.63, 3.8) is 0 Å². The first kappa shape index (κ1) is 25.5. The summed E-state index contributed by atoms with van der Waals surface area (Å²) in [6, 6.07) is 20.3. The first-order valence-electron chi connectivity index (χ1n) is 11.9. The number of esters is 1. The predicted octanol–water partition coefficient (Wildman–Crippen LogP) is 5.68. The Bertz CT molecular complexity index is 1460. The Labute approximate surface area is 213 Å². The van der Waals surface area contributed by atoms with Crippen LogP contribution in [0.2, 0.25) is 0 Å². The lowest BCUT2D eigenvalue weighted by molar-refractivity contribution is -0.136. The molecule has 0 saturated carbocycles. The van der Waals surface area contributed by atoms with Crippen LogP contribution in [0.4, 0.5) is 4.79 Å². The van der Waals surface area contributed by atoms with E-state index in [1.807, 2.05) is 55.5 Å². The molecule has 1 N–H and O–H groups in total. The monoisotopic (exact) mass is 501 g/mol. The van der Waals surface area contributed by atoms with Crippen molar-refractivity contribution >= 4 is 23.0 Å². The summed E-state index contributed by atoms with van der Waals surface area (Å²) in [5.74, 6) is 0.457. The number of hydrogen-bond acceptors (Lipinski definition) is 7. The Hall–Kier alpha value is -4.59. The molecule has 1 aromatic heterocycles. The maximum atomic E-state index is 13.2. The molecule has 4 aromatic rings. The topological polar surface area (TPSA) is 104 Å². The highest BCUT2D eigenvalue weighted by atomic mass is 16.6. The van der Waals surface area contributed by atoms with Gasteiger partial charge in [0.15, 0.2) is 0 Å². The zero-order valence-electron chi connectivity index (χ0n) is 20.8. The van der Waals surface area contributed by atoms with Crippen LogP contribution in [-0.2, 0) is 22.6 Å². The van der Waals surface area contributed by atoms with Gasteiger partial charge in [-0.2, -0.15) is 0 Å². The summed E-state index contributed by atoms with van der Waals surface area (Å²) in [5, 5.41) is 2.78. The quantitative estimate of drug-likeness (QED) is 0.245. The van der Waals surface area contributed by atoms with E-state index in [9.17, 15) is 14.4 Å². The summed E-state index contributed by atoms with van der Waals surface area (Å²) in [6.45, 7) is 5.08. The molecule has 8 nitrogen and oxygen atoms in total. The molecule has 1 heterocycles. The van der Waals surface area contributed by atoms with Gasteiger partial charge in [0, 0.05) is 6.07 Å². The van der Waals surface area contributed by atoms with Gasteiger partial charge in [0.05, 0.1) is 5.39 Å². The van der Waals surface area contributed by atoms with Gasteiger partial charge < -0.3 is 23.9 Å². The number of hydrogen-bond donors (Lipinski definition) is 1. The van der Waals surface area contributed by atoms with Crippen molar-refractivity contribution in [3.05, 3.63) is 99.9 Å². The van der Waals surface area contributed by atoms with Crippen molar-refractivity contribution in [2.75, 3.05) is 0 Å². The summed E-state index contributed by atoms with van der Waals surface area (Å²) in [4.78, 5) is 38.0. The summed E-state index contributed by atoms with van der Waals surface area (Å²) in [5.41, 5.74) is 1.38. The molecule has 0 aliphatic heterocycles. The summed E-state index contributed by atoms with van der Waals surface area (Å²) in [7, 11) is 0. The number of rotatable bonds is 8. The van der Waals surface area contributed by atoms with E-state index in [4.69, 9.17) is 18.6 Å². The van der Waals surface area contributed by atoms with E-state index >= 15 is 0 Å². The van der Waals surface area contributed by atoms with Gasteiger partial charge >= 0.3 is 12.1 Å². The number of benzene rings is 3. The number of nitrogens with one attached hydrogen (secondary N) is 1. The van der Waals surface area contributed by atoms with E-state index < -0.39 is 18.1 Å². The summed E-state index contributed by atoms with van der Waals surface area (Å²) < 4.78 is 22.4. The molecule has 0 fully saturated rings. The van der Waals surface area contributed by atoms with E-state index in [0.717, 1.165) is 5.56 Å². The molecular weight excluding hydrogens is 474 g/mol. The number of carbonyl (C=O) groups excluding carboxylic acids is 2. The highest BCUT2D eigenvalue weighted by Crippen LogP contribution is 2.30. The van der Waals surface area contributed by atoms with Crippen LogP contribution in [0.1, 0.15) is 30.7 Å². The van der Waals surface area contributed by atoms with E-state index in [2.05, 4.69) is 5.32 Å². The van der Waals surface area contributed by atoms with E-state index in [0.29, 0.717) is 28.9 Å². The van der Waals surface area contributed by atoms with Crippen LogP contribution < -0.4 is 20.2 Å². The zero-order valence-corrected chi connectivity index (χ0v) is 20.8. The lowest BCUT2D eigenvalue weighted by Crippen LogP contribution is -2.41. The standard InChI is InChI=1S/C29H27NO7/c1-4-21-15-23-25(35-19(3)27(26(23)31)36-22-13-9-6-10-14-22)16-24(21)37-28(32)18(2)30-29(33)34-17-20-11-7-5-8-12-20/h5-16,18H,4,17H2,1-3H3,(H,30,33). The zero-order chi connectivity index (χ0) is 26.4. The highest BCUT2D eigenvalue weighted by Gasteiger charge is 2.22. The molecule has 0 bridgehead atoms. The number of para-hydroxylation sites is 1. The normalized spacial score (nSPS) is 11.5. The van der Waals surface area contributed by atoms with Crippen LogP contribution in [0, 0.1) is 6.92 Å². The maximum absolute atomic E-state index is 13.2. The van der Waals surface area contributed by atoms with Crippen LogP contribution in [0.5, 0.6) is 17.2 Å². The first-order valence-corrected chi connectivity index (χ1v) is 11.9. The molecule has 0 spiro atoms. The molecule has 0 radical (unpaired) electrons. The third kappa shape index (κ3) is 6.16. The molecule has 0 saturated heterocycles. The second kappa shape index (κ2) is 11.4. The van der Waals surface area contributed by atoms with Gasteiger partial charge in [0.2, 0.25) is 11.2 Å². The molecule has 0 aliphatic carbocycles. The van der Waals surface area contributed by atoms with Crippen molar-refractivity contribution < 1.29 is 28.2 Å². The lowest BCUT2D eigenvalue weighted by Gasteiger charge is -2.16. The van der Waals surface area contributed by atoms with Gasteiger partial charge in [-0.3, -0.25) is 4.79 Å². The predicted molar refractivity (Wildman–Crippen MR) is 138 cm³/mol. The number of ether oxygens (including phenoxy) is 3.